The molecule has 2 heteroatoms. The van der Waals surface area contributed by atoms with E-state index >= 15 is 0 Å². The molecule has 0 aromatic rings. The van der Waals surface area contributed by atoms with Crippen LogP contribution in [-0.2, 0) is 4.74 Å². The van der Waals surface area contributed by atoms with Crippen molar-refractivity contribution >= 4 is 0 Å². The van der Waals surface area contributed by atoms with Gasteiger partial charge in [0.05, 0.1) is 13.2 Å². The standard InChI is InChI=1S/C13H23NO/c1-12(2)5-4-6-13(3)11-14-7-9-15-10-8-14/h5-6H,4,7-11H2,1-3H3. The largest absolute Gasteiger partial charge is 0.379 e. The fourth-order valence-corrected chi connectivity index (χ4v) is 1.67. The maximum Gasteiger partial charge on any atom is 0.0594 e. The summed E-state index contributed by atoms with van der Waals surface area (Å²) in [6, 6.07) is 0. The highest BCUT2D eigenvalue weighted by molar-refractivity contribution is 5.06. The Morgan fingerprint density at radius 3 is 2.40 bits per heavy atom. The lowest BCUT2D eigenvalue weighted by atomic mass is 10.2. The number of ether oxygens (including phenoxy) is 1. The van der Waals surface area contributed by atoms with Crippen molar-refractivity contribution in [1.82, 2.24) is 4.90 Å². The fourth-order valence-electron chi connectivity index (χ4n) is 1.67. The summed E-state index contributed by atoms with van der Waals surface area (Å²) in [5, 5.41) is 0. The average molecular weight is 209 g/mol. The van der Waals surface area contributed by atoms with Gasteiger partial charge in [0.25, 0.3) is 0 Å². The zero-order chi connectivity index (χ0) is 11.1. The molecule has 0 atom stereocenters. The van der Waals surface area contributed by atoms with Crippen molar-refractivity contribution in [3.8, 4) is 0 Å². The van der Waals surface area contributed by atoms with Crippen molar-refractivity contribution in [3.05, 3.63) is 23.3 Å². The minimum Gasteiger partial charge on any atom is -0.379 e. The van der Waals surface area contributed by atoms with Crippen LogP contribution in [0.15, 0.2) is 23.3 Å². The van der Waals surface area contributed by atoms with Crippen molar-refractivity contribution in [2.24, 2.45) is 0 Å². The summed E-state index contributed by atoms with van der Waals surface area (Å²) in [4.78, 5) is 2.46. The molecule has 86 valence electrons. The maximum atomic E-state index is 5.32. The molecule has 15 heavy (non-hydrogen) atoms. The highest BCUT2D eigenvalue weighted by Crippen LogP contribution is 2.04. The third-order valence-electron chi connectivity index (χ3n) is 2.57. The van der Waals surface area contributed by atoms with Crippen molar-refractivity contribution in [2.75, 3.05) is 32.8 Å². The summed E-state index contributed by atoms with van der Waals surface area (Å²) in [6.07, 6.45) is 5.66. The summed E-state index contributed by atoms with van der Waals surface area (Å²) in [5.74, 6) is 0. The molecule has 1 heterocycles. The van der Waals surface area contributed by atoms with E-state index in [1.165, 1.54) is 11.1 Å². The highest BCUT2D eigenvalue weighted by Gasteiger charge is 2.09. The highest BCUT2D eigenvalue weighted by atomic mass is 16.5. The van der Waals surface area contributed by atoms with Crippen LogP contribution in [0.5, 0.6) is 0 Å². The predicted octanol–water partition coefficient (Wildman–Crippen LogP) is 2.62. The molecule has 0 N–H and O–H groups in total. The summed E-state index contributed by atoms with van der Waals surface area (Å²) < 4.78 is 5.32. The lowest BCUT2D eigenvalue weighted by Gasteiger charge is -2.26. The van der Waals surface area contributed by atoms with Gasteiger partial charge in [0.1, 0.15) is 0 Å². The van der Waals surface area contributed by atoms with Gasteiger partial charge in [-0.25, -0.2) is 0 Å². The number of morpholine rings is 1. The molecule has 2 nitrogen and oxygen atoms in total. The number of nitrogens with zero attached hydrogens (tertiary/aromatic N) is 1. The first-order valence-corrected chi connectivity index (χ1v) is 5.77. The van der Waals surface area contributed by atoms with Crippen LogP contribution in [0.4, 0.5) is 0 Å². The second-order valence-corrected chi connectivity index (χ2v) is 4.46. The van der Waals surface area contributed by atoms with Gasteiger partial charge in [0.15, 0.2) is 0 Å². The number of rotatable bonds is 4. The van der Waals surface area contributed by atoms with E-state index in [9.17, 15) is 0 Å². The van der Waals surface area contributed by atoms with Gasteiger partial charge < -0.3 is 4.74 Å². The fraction of sp³-hybridized carbons (Fsp3) is 0.692. The molecule has 0 bridgehead atoms. The van der Waals surface area contributed by atoms with Crippen molar-refractivity contribution in [1.29, 1.82) is 0 Å². The Labute approximate surface area is 93.6 Å². The van der Waals surface area contributed by atoms with E-state index in [0.29, 0.717) is 0 Å². The molecule has 0 aromatic carbocycles. The van der Waals surface area contributed by atoms with E-state index in [1.807, 2.05) is 0 Å². The van der Waals surface area contributed by atoms with Gasteiger partial charge in [0, 0.05) is 19.6 Å². The number of hydrogen-bond donors (Lipinski definition) is 0. The zero-order valence-corrected chi connectivity index (χ0v) is 10.3. The number of hydrogen-bond acceptors (Lipinski definition) is 2. The van der Waals surface area contributed by atoms with Crippen molar-refractivity contribution in [2.45, 2.75) is 27.2 Å². The molecular weight excluding hydrogens is 186 g/mol. The summed E-state index contributed by atoms with van der Waals surface area (Å²) in [7, 11) is 0. The van der Waals surface area contributed by atoms with Crippen LogP contribution in [0, 0.1) is 0 Å². The van der Waals surface area contributed by atoms with E-state index < -0.39 is 0 Å². The molecule has 1 aliphatic heterocycles. The Balaban J connectivity index is 2.27. The molecule has 0 aliphatic carbocycles. The molecule has 0 spiro atoms. The molecule has 1 fully saturated rings. The maximum absolute atomic E-state index is 5.32. The minimum absolute atomic E-state index is 0.890. The Morgan fingerprint density at radius 1 is 1.13 bits per heavy atom. The summed E-state index contributed by atoms with van der Waals surface area (Å²) in [5.41, 5.74) is 2.86. The van der Waals surface area contributed by atoms with Gasteiger partial charge in [-0.15, -0.1) is 0 Å². The van der Waals surface area contributed by atoms with Gasteiger partial charge in [0.2, 0.25) is 0 Å². The predicted molar refractivity (Wildman–Crippen MR) is 65.1 cm³/mol. The quantitative estimate of drug-likeness (QED) is 0.660. The van der Waals surface area contributed by atoms with Gasteiger partial charge in [-0.1, -0.05) is 23.3 Å². The van der Waals surface area contributed by atoms with E-state index in [4.69, 9.17) is 4.74 Å². The van der Waals surface area contributed by atoms with E-state index in [2.05, 4.69) is 37.8 Å². The molecule has 1 saturated heterocycles. The van der Waals surface area contributed by atoms with Crippen molar-refractivity contribution in [3.63, 3.8) is 0 Å². The summed E-state index contributed by atoms with van der Waals surface area (Å²) >= 11 is 0. The minimum atomic E-state index is 0.890. The second-order valence-electron chi connectivity index (χ2n) is 4.46. The van der Waals surface area contributed by atoms with Gasteiger partial charge >= 0.3 is 0 Å². The topological polar surface area (TPSA) is 12.5 Å². The van der Waals surface area contributed by atoms with Gasteiger partial charge in [-0.05, 0) is 27.2 Å². The number of allylic oxidation sites excluding steroid dienone is 3. The van der Waals surface area contributed by atoms with Crippen LogP contribution in [-0.4, -0.2) is 37.7 Å². The Bertz CT molecular complexity index is 233. The van der Waals surface area contributed by atoms with E-state index in [0.717, 1.165) is 39.3 Å². The van der Waals surface area contributed by atoms with Crippen LogP contribution in [0.25, 0.3) is 0 Å². The SMILES string of the molecule is CC(C)=CCC=C(C)CN1CCOCC1. The first kappa shape index (κ1) is 12.5. The van der Waals surface area contributed by atoms with E-state index in [-0.39, 0.29) is 0 Å². The molecular formula is C13H23NO. The lowest BCUT2D eigenvalue weighted by Crippen LogP contribution is -2.37. The molecule has 0 radical (unpaired) electrons. The third kappa shape index (κ3) is 5.75. The molecule has 0 aromatic heterocycles. The van der Waals surface area contributed by atoms with Crippen LogP contribution in [0.2, 0.25) is 0 Å². The van der Waals surface area contributed by atoms with Gasteiger partial charge in [-0.2, -0.15) is 0 Å². The lowest BCUT2D eigenvalue weighted by molar-refractivity contribution is 0.0423. The Kier molecular flexibility index (Phi) is 5.66. The molecule has 0 unspecified atom stereocenters. The molecule has 0 saturated carbocycles. The first-order valence-electron chi connectivity index (χ1n) is 5.77. The summed E-state index contributed by atoms with van der Waals surface area (Å²) in [6.45, 7) is 11.5. The Hall–Kier alpha value is -0.600. The van der Waals surface area contributed by atoms with Crippen LogP contribution in [0.3, 0.4) is 0 Å². The van der Waals surface area contributed by atoms with Crippen LogP contribution < -0.4 is 0 Å². The third-order valence-corrected chi connectivity index (χ3v) is 2.57. The van der Waals surface area contributed by atoms with E-state index in [1.54, 1.807) is 0 Å². The molecule has 0 amide bonds. The second kappa shape index (κ2) is 6.81. The molecule has 1 rings (SSSR count). The van der Waals surface area contributed by atoms with Crippen LogP contribution >= 0.6 is 0 Å². The first-order chi connectivity index (χ1) is 7.18. The average Bonchev–Trinajstić information content (AvgIpc) is 2.18. The molecule has 1 aliphatic rings. The smallest absolute Gasteiger partial charge is 0.0594 e. The normalized spacial score (nSPS) is 19.0. The Morgan fingerprint density at radius 2 is 1.80 bits per heavy atom. The zero-order valence-electron chi connectivity index (χ0n) is 10.3. The van der Waals surface area contributed by atoms with Crippen LogP contribution in [0.1, 0.15) is 27.2 Å². The van der Waals surface area contributed by atoms with Gasteiger partial charge in [-0.3, -0.25) is 4.90 Å². The van der Waals surface area contributed by atoms with Crippen molar-refractivity contribution < 1.29 is 4.74 Å². The monoisotopic (exact) mass is 209 g/mol.